The van der Waals surface area contributed by atoms with Crippen LogP contribution in [0.2, 0.25) is 0 Å². The Labute approximate surface area is 81.3 Å². The van der Waals surface area contributed by atoms with E-state index in [2.05, 4.69) is 18.7 Å². The highest BCUT2D eigenvalue weighted by atomic mass is 16.1. The first-order valence-electron chi connectivity index (χ1n) is 5.30. The van der Waals surface area contributed by atoms with Crippen molar-refractivity contribution in [3.8, 4) is 0 Å². The number of rotatable bonds is 2. The highest BCUT2D eigenvalue weighted by Crippen LogP contribution is 2.24. The highest BCUT2D eigenvalue weighted by Gasteiger charge is 2.29. The lowest BCUT2D eigenvalue weighted by molar-refractivity contribution is -0.123. The number of likely N-dealkylation sites (tertiary alicyclic amines) is 1. The smallest absolute Gasteiger partial charge is 0.146 e. The van der Waals surface area contributed by atoms with Crippen LogP contribution < -0.4 is 0 Å². The topological polar surface area (TPSA) is 20.3 Å². The molecule has 3 unspecified atom stereocenters. The van der Waals surface area contributed by atoms with Gasteiger partial charge in [0.05, 0.1) is 6.04 Å². The van der Waals surface area contributed by atoms with Gasteiger partial charge >= 0.3 is 0 Å². The molecule has 0 aromatic heterocycles. The lowest BCUT2D eigenvalue weighted by atomic mass is 9.90. The average molecular weight is 183 g/mol. The molecular formula is C11H21NO. The summed E-state index contributed by atoms with van der Waals surface area (Å²) in [6.45, 7) is 9.33. The molecule has 1 aliphatic heterocycles. The normalized spacial score (nSPS) is 32.9. The van der Waals surface area contributed by atoms with Crippen molar-refractivity contribution in [2.75, 3.05) is 6.54 Å². The quantitative estimate of drug-likeness (QED) is 0.653. The summed E-state index contributed by atoms with van der Waals surface area (Å²) in [6, 6.07) is 0.672. The van der Waals surface area contributed by atoms with Crippen LogP contribution in [-0.2, 0) is 4.79 Å². The SMILES string of the molecule is CC(=O)C(C)N1CCCC(C)C1C. The number of hydrogen-bond donors (Lipinski definition) is 0. The number of hydrogen-bond acceptors (Lipinski definition) is 2. The Kier molecular flexibility index (Phi) is 3.48. The van der Waals surface area contributed by atoms with Gasteiger partial charge in [-0.15, -0.1) is 0 Å². The van der Waals surface area contributed by atoms with E-state index >= 15 is 0 Å². The van der Waals surface area contributed by atoms with E-state index in [-0.39, 0.29) is 6.04 Å². The Morgan fingerprint density at radius 1 is 1.46 bits per heavy atom. The van der Waals surface area contributed by atoms with Gasteiger partial charge in [0.1, 0.15) is 5.78 Å². The number of nitrogens with zero attached hydrogens (tertiary/aromatic N) is 1. The number of carbonyl (C=O) groups is 1. The summed E-state index contributed by atoms with van der Waals surface area (Å²) in [4.78, 5) is 13.6. The zero-order valence-electron chi connectivity index (χ0n) is 9.21. The minimum absolute atomic E-state index is 0.109. The van der Waals surface area contributed by atoms with Crippen molar-refractivity contribution >= 4 is 5.78 Å². The van der Waals surface area contributed by atoms with Gasteiger partial charge in [-0.3, -0.25) is 9.69 Å². The van der Waals surface area contributed by atoms with Crippen molar-refractivity contribution in [1.82, 2.24) is 4.90 Å². The minimum Gasteiger partial charge on any atom is -0.298 e. The van der Waals surface area contributed by atoms with Gasteiger partial charge in [0, 0.05) is 6.04 Å². The summed E-state index contributed by atoms with van der Waals surface area (Å²) < 4.78 is 0. The monoisotopic (exact) mass is 183 g/mol. The van der Waals surface area contributed by atoms with Gasteiger partial charge in [0.15, 0.2) is 0 Å². The van der Waals surface area contributed by atoms with E-state index in [1.165, 1.54) is 12.8 Å². The third-order valence-electron chi connectivity index (χ3n) is 3.51. The first-order chi connectivity index (χ1) is 6.04. The molecule has 1 aliphatic rings. The van der Waals surface area contributed by atoms with Gasteiger partial charge in [-0.1, -0.05) is 6.92 Å². The second kappa shape index (κ2) is 4.23. The van der Waals surface area contributed by atoms with Crippen molar-refractivity contribution in [3.05, 3.63) is 0 Å². The summed E-state index contributed by atoms with van der Waals surface area (Å²) >= 11 is 0. The molecule has 0 saturated carbocycles. The van der Waals surface area contributed by atoms with Crippen LogP contribution in [0.15, 0.2) is 0 Å². The Morgan fingerprint density at radius 3 is 2.62 bits per heavy atom. The van der Waals surface area contributed by atoms with Gasteiger partial charge < -0.3 is 0 Å². The van der Waals surface area contributed by atoms with Crippen molar-refractivity contribution in [1.29, 1.82) is 0 Å². The Morgan fingerprint density at radius 2 is 2.08 bits per heavy atom. The Bertz CT molecular complexity index is 191. The fourth-order valence-electron chi connectivity index (χ4n) is 2.15. The maximum absolute atomic E-state index is 11.3. The molecule has 0 amide bonds. The molecule has 1 saturated heterocycles. The molecule has 76 valence electrons. The molecule has 3 atom stereocenters. The van der Waals surface area contributed by atoms with Gasteiger partial charge in [0.25, 0.3) is 0 Å². The molecule has 2 heteroatoms. The second-order valence-corrected chi connectivity index (χ2v) is 4.38. The van der Waals surface area contributed by atoms with E-state index in [9.17, 15) is 4.79 Å². The predicted octanol–water partition coefficient (Wildman–Crippen LogP) is 2.08. The van der Waals surface area contributed by atoms with Crippen molar-refractivity contribution in [2.24, 2.45) is 5.92 Å². The number of carbonyl (C=O) groups excluding carboxylic acids is 1. The molecular weight excluding hydrogens is 162 g/mol. The van der Waals surface area contributed by atoms with Crippen LogP contribution in [0.4, 0.5) is 0 Å². The van der Waals surface area contributed by atoms with E-state index in [1.54, 1.807) is 6.92 Å². The molecule has 1 rings (SSSR count). The zero-order valence-corrected chi connectivity index (χ0v) is 9.21. The molecule has 0 aromatic carbocycles. The minimum atomic E-state index is 0.109. The fraction of sp³-hybridized carbons (Fsp3) is 0.909. The van der Waals surface area contributed by atoms with Crippen LogP contribution in [0.1, 0.15) is 40.5 Å². The first-order valence-corrected chi connectivity index (χ1v) is 5.30. The molecule has 2 nitrogen and oxygen atoms in total. The largest absolute Gasteiger partial charge is 0.298 e. The third kappa shape index (κ3) is 2.31. The Balaban J connectivity index is 2.62. The first kappa shape index (κ1) is 10.7. The molecule has 0 N–H and O–H groups in total. The van der Waals surface area contributed by atoms with Gasteiger partial charge in [-0.05, 0) is 46.1 Å². The summed E-state index contributed by atoms with van der Waals surface area (Å²) in [7, 11) is 0. The van der Waals surface area contributed by atoms with Crippen molar-refractivity contribution in [3.63, 3.8) is 0 Å². The Hall–Kier alpha value is -0.370. The van der Waals surface area contributed by atoms with E-state index in [0.717, 1.165) is 12.5 Å². The fourth-order valence-corrected chi connectivity index (χ4v) is 2.15. The number of Topliss-reactive ketones (excluding diaryl/α,β-unsaturated/α-hetero) is 1. The molecule has 1 heterocycles. The van der Waals surface area contributed by atoms with E-state index in [4.69, 9.17) is 0 Å². The molecule has 0 radical (unpaired) electrons. The summed E-state index contributed by atoms with van der Waals surface area (Å²) in [6.07, 6.45) is 2.55. The standard InChI is InChI=1S/C11H21NO/c1-8-6-5-7-12(9(8)2)10(3)11(4)13/h8-10H,5-7H2,1-4H3. The predicted molar refractivity (Wildman–Crippen MR) is 54.7 cm³/mol. The maximum atomic E-state index is 11.3. The number of ketones is 1. The zero-order chi connectivity index (χ0) is 10.0. The summed E-state index contributed by atoms with van der Waals surface area (Å²) in [5.41, 5.74) is 0. The van der Waals surface area contributed by atoms with Crippen molar-refractivity contribution in [2.45, 2.75) is 52.6 Å². The van der Waals surface area contributed by atoms with Crippen LogP contribution in [-0.4, -0.2) is 29.3 Å². The van der Waals surface area contributed by atoms with Gasteiger partial charge in [-0.25, -0.2) is 0 Å². The van der Waals surface area contributed by atoms with Gasteiger partial charge in [0.2, 0.25) is 0 Å². The molecule has 0 bridgehead atoms. The molecule has 13 heavy (non-hydrogen) atoms. The summed E-state index contributed by atoms with van der Waals surface area (Å²) in [5.74, 6) is 1.02. The van der Waals surface area contributed by atoms with Crippen LogP contribution >= 0.6 is 0 Å². The lowest BCUT2D eigenvalue weighted by Crippen LogP contribution is -2.49. The molecule has 0 aliphatic carbocycles. The average Bonchev–Trinajstić information content (AvgIpc) is 2.08. The van der Waals surface area contributed by atoms with E-state index in [0.29, 0.717) is 11.8 Å². The van der Waals surface area contributed by atoms with E-state index in [1.807, 2.05) is 6.92 Å². The maximum Gasteiger partial charge on any atom is 0.146 e. The summed E-state index contributed by atoms with van der Waals surface area (Å²) in [5, 5.41) is 0. The molecule has 0 aromatic rings. The van der Waals surface area contributed by atoms with Gasteiger partial charge in [-0.2, -0.15) is 0 Å². The highest BCUT2D eigenvalue weighted by molar-refractivity contribution is 5.81. The van der Waals surface area contributed by atoms with E-state index < -0.39 is 0 Å². The molecule has 1 fully saturated rings. The van der Waals surface area contributed by atoms with Crippen molar-refractivity contribution < 1.29 is 4.79 Å². The second-order valence-electron chi connectivity index (χ2n) is 4.38. The lowest BCUT2D eigenvalue weighted by Gasteiger charge is -2.40. The number of piperidine rings is 1. The van der Waals surface area contributed by atoms with Crippen LogP contribution in [0.3, 0.4) is 0 Å². The van der Waals surface area contributed by atoms with Crippen LogP contribution in [0.5, 0.6) is 0 Å². The third-order valence-corrected chi connectivity index (χ3v) is 3.51. The van der Waals surface area contributed by atoms with Crippen LogP contribution in [0.25, 0.3) is 0 Å². The van der Waals surface area contributed by atoms with Crippen LogP contribution in [0, 0.1) is 5.92 Å². The molecule has 0 spiro atoms.